The van der Waals surface area contributed by atoms with E-state index in [-0.39, 0.29) is 16.3 Å². The van der Waals surface area contributed by atoms with Crippen molar-refractivity contribution in [3.8, 4) is 0 Å². The van der Waals surface area contributed by atoms with Gasteiger partial charge in [-0.15, -0.1) is 0 Å². The second-order valence-electron chi connectivity index (χ2n) is 7.66. The number of halogens is 6. The van der Waals surface area contributed by atoms with E-state index >= 15 is 0 Å². The van der Waals surface area contributed by atoms with Gasteiger partial charge in [-0.1, -0.05) is 69.3 Å². The van der Waals surface area contributed by atoms with Gasteiger partial charge >= 0.3 is 36.4 Å². The Morgan fingerprint density at radius 3 is 1.13 bits per heavy atom. The SMILES string of the molecule is CC(C)(C)c1ccc([S+](c2ccccc2)c2ccccc2)cc1.[F][Sb-]([F])([F])([F])([F])[F]. The molecule has 0 saturated carbocycles. The Kier molecular flexibility index (Phi) is 6.71. The average molecular weight is 555 g/mol. The van der Waals surface area contributed by atoms with E-state index < -0.39 is 19.5 Å². The van der Waals surface area contributed by atoms with Gasteiger partial charge in [-0.3, -0.25) is 0 Å². The van der Waals surface area contributed by atoms with Crippen molar-refractivity contribution < 1.29 is 16.9 Å². The quantitative estimate of drug-likeness (QED) is 0.174. The van der Waals surface area contributed by atoms with Crippen LogP contribution in [0.25, 0.3) is 0 Å². The summed E-state index contributed by atoms with van der Waals surface area (Å²) < 4.78 is 59.6. The molecule has 3 aromatic rings. The topological polar surface area (TPSA) is 0 Å². The van der Waals surface area contributed by atoms with Crippen molar-refractivity contribution in [3.63, 3.8) is 0 Å². The Bertz CT molecular complexity index is 898. The first-order valence-electron chi connectivity index (χ1n) is 9.02. The molecule has 0 aliphatic carbocycles. The van der Waals surface area contributed by atoms with Gasteiger partial charge < -0.3 is 0 Å². The summed E-state index contributed by atoms with van der Waals surface area (Å²) in [4.78, 5) is 4.10. The normalized spacial score (nSPS) is 14.3. The monoisotopic (exact) mass is 554 g/mol. The standard InChI is InChI=1S/C22H23S.6FH.Sb/c1-22(2,3)18-14-16-21(17-15-18)23(19-10-6-4-7-11-19)20-12-8-5-9-13-20;;;;;;;/h4-17H,1-3H3;6*1H;/q+1;;;;;;;+5/p-6. The summed E-state index contributed by atoms with van der Waals surface area (Å²) in [5, 5.41) is 0. The summed E-state index contributed by atoms with van der Waals surface area (Å²) in [5.74, 6) is 0. The number of hydrogen-bond donors (Lipinski definition) is 0. The number of rotatable bonds is 3. The van der Waals surface area contributed by atoms with Crippen LogP contribution >= 0.6 is 0 Å². The number of benzene rings is 3. The van der Waals surface area contributed by atoms with Gasteiger partial charge in [-0.05, 0) is 47.4 Å². The predicted molar refractivity (Wildman–Crippen MR) is 113 cm³/mol. The van der Waals surface area contributed by atoms with E-state index in [4.69, 9.17) is 0 Å². The van der Waals surface area contributed by atoms with Crippen molar-refractivity contribution in [3.05, 3.63) is 90.5 Å². The van der Waals surface area contributed by atoms with E-state index in [1.165, 1.54) is 20.2 Å². The van der Waals surface area contributed by atoms with Crippen LogP contribution in [0.1, 0.15) is 26.3 Å². The molecule has 0 heterocycles. The molecule has 0 fully saturated rings. The molecule has 3 rings (SSSR count). The van der Waals surface area contributed by atoms with Crippen LogP contribution in [0, 0.1) is 0 Å². The fourth-order valence-electron chi connectivity index (χ4n) is 2.61. The van der Waals surface area contributed by atoms with Gasteiger partial charge in [0.25, 0.3) is 0 Å². The van der Waals surface area contributed by atoms with E-state index in [0.717, 1.165) is 0 Å². The Morgan fingerprint density at radius 2 is 0.833 bits per heavy atom. The predicted octanol–water partition coefficient (Wildman–Crippen LogP) is 8.22. The molecule has 0 aromatic heterocycles. The van der Waals surface area contributed by atoms with Gasteiger partial charge in [0.15, 0.2) is 14.7 Å². The first-order valence-corrected chi connectivity index (χ1v) is 16.0. The van der Waals surface area contributed by atoms with Crippen molar-refractivity contribution in [1.82, 2.24) is 0 Å². The van der Waals surface area contributed by atoms with Gasteiger partial charge in [-0.2, -0.15) is 0 Å². The van der Waals surface area contributed by atoms with Gasteiger partial charge in [0.05, 0.1) is 10.9 Å². The van der Waals surface area contributed by atoms with Crippen molar-refractivity contribution >= 4 is 30.4 Å². The van der Waals surface area contributed by atoms with Crippen molar-refractivity contribution in [1.29, 1.82) is 0 Å². The third kappa shape index (κ3) is 9.48. The fourth-order valence-corrected chi connectivity index (χ4v) is 4.70. The molecule has 0 aliphatic heterocycles. The first-order chi connectivity index (χ1) is 13.5. The van der Waals surface area contributed by atoms with Crippen LogP contribution in [0.5, 0.6) is 0 Å². The minimum absolute atomic E-state index is 0.0497. The molecule has 3 aromatic carbocycles. The molecule has 0 radical (unpaired) electrons. The molecular weight excluding hydrogens is 532 g/mol. The molecule has 0 nitrogen and oxygen atoms in total. The summed E-state index contributed by atoms with van der Waals surface area (Å²) in [5.41, 5.74) is 1.57. The summed E-state index contributed by atoms with van der Waals surface area (Å²) in [7, 11) is -0.0497. The van der Waals surface area contributed by atoms with Crippen LogP contribution in [0.2, 0.25) is 0 Å². The second kappa shape index (κ2) is 8.16. The molecule has 0 amide bonds. The number of hydrogen-bond acceptors (Lipinski definition) is 0. The van der Waals surface area contributed by atoms with Crippen molar-refractivity contribution in [2.24, 2.45) is 0 Å². The van der Waals surface area contributed by atoms with Crippen LogP contribution < -0.4 is 0 Å². The molecule has 0 saturated heterocycles. The van der Waals surface area contributed by atoms with Crippen LogP contribution in [-0.4, -0.2) is 19.5 Å². The fraction of sp³-hybridized carbons (Fsp3) is 0.182. The van der Waals surface area contributed by atoms with Crippen molar-refractivity contribution in [2.45, 2.75) is 40.9 Å². The molecule has 0 aliphatic rings. The third-order valence-corrected chi connectivity index (χ3v) is 6.14. The Hall–Kier alpha value is -1.59. The molecule has 0 unspecified atom stereocenters. The Labute approximate surface area is 178 Å². The zero-order valence-corrected chi connectivity index (χ0v) is 20.1. The Morgan fingerprint density at radius 1 is 0.533 bits per heavy atom. The van der Waals surface area contributed by atoms with Gasteiger partial charge in [0, 0.05) is 0 Å². The maximum atomic E-state index is 9.93. The molecule has 0 bridgehead atoms. The molecule has 30 heavy (non-hydrogen) atoms. The van der Waals surface area contributed by atoms with E-state index in [1.54, 1.807) is 0 Å². The second-order valence-corrected chi connectivity index (χ2v) is 15.2. The van der Waals surface area contributed by atoms with Crippen LogP contribution in [0.4, 0.5) is 16.9 Å². The first kappa shape index (κ1) is 24.7. The zero-order chi connectivity index (χ0) is 22.7. The summed E-state index contributed by atoms with van der Waals surface area (Å²) in [6, 6.07) is 30.7. The van der Waals surface area contributed by atoms with E-state index in [2.05, 4.69) is 106 Å². The van der Waals surface area contributed by atoms with E-state index in [9.17, 15) is 16.9 Å². The maximum absolute atomic E-state index is 11.2. The molecule has 0 atom stereocenters. The summed E-state index contributed by atoms with van der Waals surface area (Å²) >= 11 is -11.2. The average Bonchev–Trinajstić information content (AvgIpc) is 2.61. The molecule has 8 heteroatoms. The molecule has 0 spiro atoms. The van der Waals surface area contributed by atoms with Crippen molar-refractivity contribution in [2.75, 3.05) is 0 Å². The summed E-state index contributed by atoms with van der Waals surface area (Å²) in [6.07, 6.45) is 0. The minimum atomic E-state index is -11.2. The van der Waals surface area contributed by atoms with E-state index in [1.807, 2.05) is 0 Å². The molecule has 164 valence electrons. The van der Waals surface area contributed by atoms with Crippen LogP contribution in [-0.2, 0) is 16.3 Å². The zero-order valence-electron chi connectivity index (χ0n) is 16.7. The summed E-state index contributed by atoms with van der Waals surface area (Å²) in [6.45, 7) is 6.78. The third-order valence-electron chi connectivity index (χ3n) is 3.91. The Balaban J connectivity index is 0.000000396. The van der Waals surface area contributed by atoms with Crippen LogP contribution in [0.15, 0.2) is 99.6 Å². The van der Waals surface area contributed by atoms with Gasteiger partial charge in [0.2, 0.25) is 0 Å². The molecule has 0 N–H and O–H groups in total. The van der Waals surface area contributed by atoms with Gasteiger partial charge in [-0.25, -0.2) is 0 Å². The molecular formula is C22H23F6SSb. The van der Waals surface area contributed by atoms with Gasteiger partial charge in [0.1, 0.15) is 0 Å². The van der Waals surface area contributed by atoms with E-state index in [0.29, 0.717) is 0 Å². The van der Waals surface area contributed by atoms with Crippen LogP contribution in [0.3, 0.4) is 0 Å².